The van der Waals surface area contributed by atoms with Gasteiger partial charge in [-0.25, -0.2) is 14.7 Å². The van der Waals surface area contributed by atoms with E-state index in [2.05, 4.69) is 16.9 Å². The van der Waals surface area contributed by atoms with Gasteiger partial charge in [-0.1, -0.05) is 13.3 Å². The molecular weight excluding hydrogens is 242 g/mol. The fourth-order valence-corrected chi connectivity index (χ4v) is 2.27. The van der Waals surface area contributed by atoms with Crippen molar-refractivity contribution in [1.29, 1.82) is 0 Å². The number of aryl methyl sites for hydroxylation is 2. The molecule has 0 saturated carbocycles. The van der Waals surface area contributed by atoms with Crippen molar-refractivity contribution >= 4 is 0 Å². The number of unbranched alkanes of at least 4 members (excludes halogenated alkanes) is 1. The fraction of sp³-hybridized carbons (Fsp3) is 0.357. The van der Waals surface area contributed by atoms with E-state index in [1.807, 2.05) is 13.1 Å². The lowest BCUT2D eigenvalue weighted by Crippen LogP contribution is -2.10. The number of aromatic nitrogens is 3. The maximum absolute atomic E-state index is 12.1. The highest BCUT2D eigenvalue weighted by atomic mass is 16.5. The molecule has 98 valence electrons. The average Bonchev–Trinajstić information content (AvgIpc) is 2.85. The van der Waals surface area contributed by atoms with Gasteiger partial charge in [-0.2, -0.15) is 0 Å². The van der Waals surface area contributed by atoms with Crippen LogP contribution in [0.4, 0.5) is 0 Å². The van der Waals surface area contributed by atoms with Crippen LogP contribution in [0.5, 0.6) is 0 Å². The van der Waals surface area contributed by atoms with Gasteiger partial charge in [-0.3, -0.25) is 4.79 Å². The van der Waals surface area contributed by atoms with E-state index < -0.39 is 0 Å². The van der Waals surface area contributed by atoms with E-state index in [-0.39, 0.29) is 5.43 Å². The first-order valence-corrected chi connectivity index (χ1v) is 6.44. The van der Waals surface area contributed by atoms with Crippen LogP contribution in [0, 0.1) is 10.6 Å². The van der Waals surface area contributed by atoms with E-state index in [4.69, 9.17) is 4.52 Å². The Morgan fingerprint density at radius 2 is 2.16 bits per heavy atom. The Hall–Kier alpha value is -2.17. The molecule has 2 aliphatic heterocycles. The second-order valence-corrected chi connectivity index (χ2v) is 4.69. The molecule has 3 rings (SSSR count). The minimum Gasteiger partial charge on any atom is -0.377 e. The largest absolute Gasteiger partial charge is 0.377 e. The smallest absolute Gasteiger partial charge is 0.194 e. The van der Waals surface area contributed by atoms with Crippen LogP contribution in [0.3, 0.4) is 0 Å². The zero-order valence-electron chi connectivity index (χ0n) is 11.0. The first-order chi connectivity index (χ1) is 9.20. The Morgan fingerprint density at radius 1 is 1.32 bits per heavy atom. The lowest BCUT2D eigenvalue weighted by Gasteiger charge is -2.08. The SMILES string of the molecule is CCCCc1cc2c(=O)cc3ncnc-3c=2on1C. The Morgan fingerprint density at radius 3 is 2.95 bits per heavy atom. The molecule has 3 aliphatic rings. The van der Waals surface area contributed by atoms with Gasteiger partial charge in [0.1, 0.15) is 12.0 Å². The van der Waals surface area contributed by atoms with Crippen molar-refractivity contribution in [3.05, 3.63) is 45.0 Å². The van der Waals surface area contributed by atoms with Crippen LogP contribution in [-0.4, -0.2) is 14.7 Å². The van der Waals surface area contributed by atoms with Crippen molar-refractivity contribution in [2.24, 2.45) is 7.05 Å². The maximum atomic E-state index is 12.1. The van der Waals surface area contributed by atoms with Crippen molar-refractivity contribution in [1.82, 2.24) is 14.7 Å². The van der Waals surface area contributed by atoms with E-state index in [0.717, 1.165) is 25.0 Å². The second kappa shape index (κ2) is 4.50. The quantitative estimate of drug-likeness (QED) is 0.719. The number of nitrogens with zero attached hydrogens (tertiary/aromatic N) is 3. The fourth-order valence-electron chi connectivity index (χ4n) is 2.27. The molecule has 0 bridgehead atoms. The molecule has 0 saturated heterocycles. The van der Waals surface area contributed by atoms with Crippen molar-refractivity contribution in [2.45, 2.75) is 26.2 Å². The summed E-state index contributed by atoms with van der Waals surface area (Å²) in [6.45, 7) is 2.14. The van der Waals surface area contributed by atoms with Gasteiger partial charge in [0.25, 0.3) is 0 Å². The average molecular weight is 257 g/mol. The zero-order chi connectivity index (χ0) is 13.4. The van der Waals surface area contributed by atoms with E-state index in [9.17, 15) is 4.79 Å². The number of hydrogen-bond donors (Lipinski definition) is 0. The summed E-state index contributed by atoms with van der Waals surface area (Å²) in [6.07, 6.45) is 4.53. The van der Waals surface area contributed by atoms with E-state index in [1.54, 1.807) is 4.74 Å². The first-order valence-electron chi connectivity index (χ1n) is 6.44. The predicted octanol–water partition coefficient (Wildman–Crippen LogP) is 1.94. The van der Waals surface area contributed by atoms with Gasteiger partial charge >= 0.3 is 0 Å². The third-order valence-corrected chi connectivity index (χ3v) is 3.35. The standard InChI is InChI=1S/C14H15N3O2/c1-3-4-5-9-6-10-12(18)7-11-13(16-8-15-11)14(10)19-17(9)2/h6-8H,3-5H2,1-2H3. The molecule has 19 heavy (non-hydrogen) atoms. The van der Waals surface area contributed by atoms with Crippen LogP contribution in [0.25, 0.3) is 11.4 Å². The van der Waals surface area contributed by atoms with Gasteiger partial charge in [0, 0.05) is 13.1 Å². The Kier molecular flexibility index (Phi) is 2.81. The summed E-state index contributed by atoms with van der Waals surface area (Å²) in [5.74, 6) is 0. The highest BCUT2D eigenvalue weighted by Gasteiger charge is 2.14. The van der Waals surface area contributed by atoms with Gasteiger partial charge in [0.2, 0.25) is 0 Å². The van der Waals surface area contributed by atoms with Crippen LogP contribution in [0.2, 0.25) is 0 Å². The van der Waals surface area contributed by atoms with Crippen molar-refractivity contribution in [3.8, 4) is 11.4 Å². The molecule has 0 atom stereocenters. The van der Waals surface area contributed by atoms with E-state index in [1.165, 1.54) is 12.4 Å². The lowest BCUT2D eigenvalue weighted by atomic mass is 10.1. The monoisotopic (exact) mass is 257 g/mol. The first kappa shape index (κ1) is 11.9. The molecule has 0 aromatic rings. The molecule has 0 fully saturated rings. The summed E-state index contributed by atoms with van der Waals surface area (Å²) >= 11 is 0. The Balaban J connectivity index is 2.33. The molecule has 5 nitrogen and oxygen atoms in total. The molecule has 0 unspecified atom stereocenters. The summed E-state index contributed by atoms with van der Waals surface area (Å²) in [4.78, 5) is 20.3. The molecule has 0 aromatic heterocycles. The highest BCUT2D eigenvalue weighted by Crippen LogP contribution is 2.18. The second-order valence-electron chi connectivity index (χ2n) is 4.69. The lowest BCUT2D eigenvalue weighted by molar-refractivity contribution is 0.257. The molecule has 2 heterocycles. The number of fused-ring (bicyclic) bond motifs is 2. The molecule has 0 amide bonds. The van der Waals surface area contributed by atoms with Gasteiger partial charge < -0.3 is 4.52 Å². The van der Waals surface area contributed by atoms with Crippen LogP contribution in [-0.2, 0) is 13.5 Å². The summed E-state index contributed by atoms with van der Waals surface area (Å²) in [5, 5.41) is 0.581. The zero-order valence-corrected chi connectivity index (χ0v) is 11.0. The number of imidazole rings is 1. The van der Waals surface area contributed by atoms with Crippen LogP contribution in [0.15, 0.2) is 27.8 Å². The number of rotatable bonds is 3. The molecule has 0 N–H and O–H groups in total. The topological polar surface area (TPSA) is 60.9 Å². The van der Waals surface area contributed by atoms with Crippen LogP contribution in [0.1, 0.15) is 25.5 Å². The molecule has 0 aromatic carbocycles. The minimum absolute atomic E-state index is 0.0647. The van der Waals surface area contributed by atoms with Gasteiger partial charge in [-0.05, 0) is 18.9 Å². The summed E-state index contributed by atoms with van der Waals surface area (Å²) in [5.41, 5.74) is 2.70. The van der Waals surface area contributed by atoms with E-state index >= 15 is 0 Å². The summed E-state index contributed by atoms with van der Waals surface area (Å²) < 4.78 is 7.47. The normalized spacial score (nSPS) is 11.5. The minimum atomic E-state index is -0.0647. The Bertz CT molecular complexity index is 803. The number of hydrogen-bond acceptors (Lipinski definition) is 4. The highest BCUT2D eigenvalue weighted by molar-refractivity contribution is 5.55. The molecule has 1 aliphatic carbocycles. The van der Waals surface area contributed by atoms with Gasteiger partial charge in [-0.15, -0.1) is 0 Å². The molecule has 5 heteroatoms. The van der Waals surface area contributed by atoms with Gasteiger partial charge in [0.05, 0.1) is 16.6 Å². The van der Waals surface area contributed by atoms with Crippen LogP contribution >= 0.6 is 0 Å². The predicted molar refractivity (Wildman–Crippen MR) is 70.1 cm³/mol. The third kappa shape index (κ3) is 1.91. The summed E-state index contributed by atoms with van der Waals surface area (Å²) in [6, 6.07) is 3.43. The van der Waals surface area contributed by atoms with Crippen molar-refractivity contribution in [3.63, 3.8) is 0 Å². The van der Waals surface area contributed by atoms with Crippen molar-refractivity contribution < 1.29 is 4.52 Å². The maximum Gasteiger partial charge on any atom is 0.194 e. The van der Waals surface area contributed by atoms with Crippen molar-refractivity contribution in [2.75, 3.05) is 0 Å². The van der Waals surface area contributed by atoms with Gasteiger partial charge in [0.15, 0.2) is 10.8 Å². The summed E-state index contributed by atoms with van der Waals surface area (Å²) in [7, 11) is 1.85. The van der Waals surface area contributed by atoms with E-state index in [0.29, 0.717) is 22.0 Å². The Labute approximate surface area is 109 Å². The molecule has 0 radical (unpaired) electrons. The molecule has 0 spiro atoms. The third-order valence-electron chi connectivity index (χ3n) is 3.35. The van der Waals surface area contributed by atoms with Crippen LogP contribution < -0.4 is 5.43 Å². The molecular formula is C14H15N3O2.